The molecule has 3 atom stereocenters. The Hall–Kier alpha value is -0.790. The average Bonchev–Trinajstić information content (AvgIpc) is 2.27. The van der Waals surface area contributed by atoms with Crippen molar-refractivity contribution >= 4 is 5.91 Å². The molecule has 0 unspecified atom stereocenters. The number of likely N-dealkylation sites (N-methyl/N-ethyl adjacent to an activating group) is 1. The number of hydrogen-bond acceptors (Lipinski definition) is 1. The van der Waals surface area contributed by atoms with Crippen molar-refractivity contribution in [3.8, 4) is 0 Å². The van der Waals surface area contributed by atoms with Gasteiger partial charge in [0.1, 0.15) is 0 Å². The van der Waals surface area contributed by atoms with Crippen LogP contribution in [0.5, 0.6) is 0 Å². The van der Waals surface area contributed by atoms with E-state index in [1.54, 1.807) is 7.05 Å². The van der Waals surface area contributed by atoms with Gasteiger partial charge in [0.25, 0.3) is 0 Å². The fourth-order valence-corrected chi connectivity index (χ4v) is 2.80. The van der Waals surface area contributed by atoms with E-state index in [2.05, 4.69) is 39.1 Å². The molecule has 0 bridgehead atoms. The van der Waals surface area contributed by atoms with Gasteiger partial charge in [-0.2, -0.15) is 0 Å². The lowest BCUT2D eigenvalue weighted by molar-refractivity contribution is -0.117. The van der Waals surface area contributed by atoms with E-state index in [0.29, 0.717) is 5.92 Å². The number of carbonyl (C=O) groups excluding carboxylic acids is 1. The predicted octanol–water partition coefficient (Wildman–Crippen LogP) is 4.17. The van der Waals surface area contributed by atoms with Gasteiger partial charge in [0.05, 0.1) is 0 Å². The third kappa shape index (κ3) is 7.52. The van der Waals surface area contributed by atoms with Crippen LogP contribution in [0.2, 0.25) is 0 Å². The van der Waals surface area contributed by atoms with Crippen molar-refractivity contribution in [2.75, 3.05) is 7.05 Å². The minimum absolute atomic E-state index is 0.0360. The average molecular weight is 253 g/mol. The van der Waals surface area contributed by atoms with E-state index in [9.17, 15) is 4.79 Å². The molecule has 0 aliphatic rings. The zero-order valence-corrected chi connectivity index (χ0v) is 13.0. The largest absolute Gasteiger partial charge is 0.355 e. The minimum atomic E-state index is 0.0360. The molecule has 0 rings (SSSR count). The standard InChI is InChI=1S/C16H31NO/c1-7-8-12(2)9-13(3)10-14(4)11-15(5)16(18)17-6/h11-14H,7-10H2,1-6H3,(H,17,18)/b15-11+/t12-,13-,14-/m0/s1. The summed E-state index contributed by atoms with van der Waals surface area (Å²) in [7, 11) is 1.68. The fourth-order valence-electron chi connectivity index (χ4n) is 2.80. The second kappa shape index (κ2) is 9.18. The zero-order chi connectivity index (χ0) is 14.1. The summed E-state index contributed by atoms with van der Waals surface area (Å²) in [5, 5.41) is 2.67. The van der Waals surface area contributed by atoms with Crippen molar-refractivity contribution in [3.63, 3.8) is 0 Å². The lowest BCUT2D eigenvalue weighted by Crippen LogP contribution is -2.19. The molecule has 2 heteroatoms. The molecule has 1 amide bonds. The van der Waals surface area contributed by atoms with Crippen molar-refractivity contribution in [1.29, 1.82) is 0 Å². The lowest BCUT2D eigenvalue weighted by Gasteiger charge is -2.19. The SMILES string of the molecule is CCC[C@H](C)C[C@H](C)C[C@H](C)/C=C(\C)C(=O)NC. The van der Waals surface area contributed by atoms with Crippen molar-refractivity contribution in [2.24, 2.45) is 17.8 Å². The predicted molar refractivity (Wildman–Crippen MR) is 79.5 cm³/mol. The molecule has 0 saturated carbocycles. The van der Waals surface area contributed by atoms with E-state index >= 15 is 0 Å². The number of rotatable bonds is 8. The Balaban J connectivity index is 4.14. The number of allylic oxidation sites excluding steroid dienone is 1. The first-order valence-electron chi connectivity index (χ1n) is 7.31. The molecular formula is C16H31NO. The van der Waals surface area contributed by atoms with Gasteiger partial charge in [-0.1, -0.05) is 46.6 Å². The molecule has 0 aromatic rings. The summed E-state index contributed by atoms with van der Waals surface area (Å²) in [6.45, 7) is 11.0. The van der Waals surface area contributed by atoms with Crippen molar-refractivity contribution < 1.29 is 4.79 Å². The Kier molecular flexibility index (Phi) is 8.78. The van der Waals surface area contributed by atoms with Gasteiger partial charge in [-0.15, -0.1) is 0 Å². The van der Waals surface area contributed by atoms with Crippen LogP contribution in [0.3, 0.4) is 0 Å². The third-order valence-electron chi connectivity index (χ3n) is 3.48. The first-order valence-corrected chi connectivity index (χ1v) is 7.31. The molecule has 0 aliphatic carbocycles. The number of amides is 1. The highest BCUT2D eigenvalue weighted by atomic mass is 16.1. The van der Waals surface area contributed by atoms with E-state index in [1.165, 1.54) is 25.7 Å². The van der Waals surface area contributed by atoms with E-state index in [1.807, 2.05) is 6.92 Å². The van der Waals surface area contributed by atoms with Gasteiger partial charge < -0.3 is 5.32 Å². The van der Waals surface area contributed by atoms with Gasteiger partial charge in [0, 0.05) is 12.6 Å². The van der Waals surface area contributed by atoms with Gasteiger partial charge in [-0.05, 0) is 37.5 Å². The number of carbonyl (C=O) groups is 1. The second-order valence-electron chi connectivity index (χ2n) is 5.88. The molecule has 0 fully saturated rings. The topological polar surface area (TPSA) is 29.1 Å². The van der Waals surface area contributed by atoms with E-state index in [4.69, 9.17) is 0 Å². The van der Waals surface area contributed by atoms with Crippen LogP contribution in [0.1, 0.15) is 60.3 Å². The van der Waals surface area contributed by atoms with Gasteiger partial charge >= 0.3 is 0 Å². The van der Waals surface area contributed by atoms with Gasteiger partial charge in [-0.25, -0.2) is 0 Å². The maximum atomic E-state index is 11.4. The summed E-state index contributed by atoms with van der Waals surface area (Å²) in [6, 6.07) is 0. The summed E-state index contributed by atoms with van der Waals surface area (Å²) >= 11 is 0. The van der Waals surface area contributed by atoms with Crippen LogP contribution in [0.15, 0.2) is 11.6 Å². The first kappa shape index (κ1) is 17.2. The summed E-state index contributed by atoms with van der Waals surface area (Å²) in [5.74, 6) is 2.07. The molecule has 0 heterocycles. The zero-order valence-electron chi connectivity index (χ0n) is 13.0. The molecule has 2 nitrogen and oxygen atoms in total. The molecule has 0 radical (unpaired) electrons. The normalized spacial score (nSPS) is 17.1. The van der Waals surface area contributed by atoms with Crippen LogP contribution in [0.4, 0.5) is 0 Å². The van der Waals surface area contributed by atoms with Crippen LogP contribution in [0.25, 0.3) is 0 Å². The van der Waals surface area contributed by atoms with Gasteiger partial charge in [0.2, 0.25) is 5.91 Å². The summed E-state index contributed by atoms with van der Waals surface area (Å²) in [5.41, 5.74) is 0.832. The molecule has 106 valence electrons. The van der Waals surface area contributed by atoms with Crippen molar-refractivity contribution in [2.45, 2.75) is 60.3 Å². The third-order valence-corrected chi connectivity index (χ3v) is 3.48. The summed E-state index contributed by atoms with van der Waals surface area (Å²) in [4.78, 5) is 11.4. The monoisotopic (exact) mass is 253 g/mol. The highest BCUT2D eigenvalue weighted by Crippen LogP contribution is 2.23. The summed E-state index contributed by atoms with van der Waals surface area (Å²) in [6.07, 6.45) is 7.16. The maximum Gasteiger partial charge on any atom is 0.246 e. The van der Waals surface area contributed by atoms with Crippen molar-refractivity contribution in [3.05, 3.63) is 11.6 Å². The van der Waals surface area contributed by atoms with Crippen LogP contribution >= 0.6 is 0 Å². The van der Waals surface area contributed by atoms with Gasteiger partial charge in [-0.3, -0.25) is 4.79 Å². The molecule has 0 spiro atoms. The highest BCUT2D eigenvalue weighted by molar-refractivity contribution is 5.92. The minimum Gasteiger partial charge on any atom is -0.355 e. The number of nitrogens with one attached hydrogen (secondary N) is 1. The Bertz CT molecular complexity index is 270. The molecule has 0 saturated heterocycles. The molecule has 18 heavy (non-hydrogen) atoms. The number of hydrogen-bond donors (Lipinski definition) is 1. The van der Waals surface area contributed by atoms with E-state index < -0.39 is 0 Å². The highest BCUT2D eigenvalue weighted by Gasteiger charge is 2.12. The Morgan fingerprint density at radius 1 is 1.17 bits per heavy atom. The smallest absolute Gasteiger partial charge is 0.246 e. The van der Waals surface area contributed by atoms with Crippen LogP contribution < -0.4 is 5.32 Å². The van der Waals surface area contributed by atoms with Gasteiger partial charge in [0.15, 0.2) is 0 Å². The van der Waals surface area contributed by atoms with Crippen LogP contribution in [-0.2, 0) is 4.79 Å². The Morgan fingerprint density at radius 2 is 1.78 bits per heavy atom. The van der Waals surface area contributed by atoms with E-state index in [-0.39, 0.29) is 5.91 Å². The van der Waals surface area contributed by atoms with Crippen molar-refractivity contribution in [1.82, 2.24) is 5.32 Å². The Morgan fingerprint density at radius 3 is 2.28 bits per heavy atom. The quantitative estimate of drug-likeness (QED) is 0.646. The molecule has 1 N–H and O–H groups in total. The molecule has 0 aromatic carbocycles. The Labute approximate surface area is 113 Å². The first-order chi connectivity index (χ1) is 8.40. The van der Waals surface area contributed by atoms with Crippen LogP contribution in [-0.4, -0.2) is 13.0 Å². The second-order valence-corrected chi connectivity index (χ2v) is 5.88. The lowest BCUT2D eigenvalue weighted by atomic mass is 9.87. The molecular weight excluding hydrogens is 222 g/mol. The molecule has 0 aliphatic heterocycles. The fraction of sp³-hybridized carbons (Fsp3) is 0.812. The summed E-state index contributed by atoms with van der Waals surface area (Å²) < 4.78 is 0. The molecule has 0 aromatic heterocycles. The van der Waals surface area contributed by atoms with Crippen LogP contribution in [0, 0.1) is 17.8 Å². The maximum absolute atomic E-state index is 11.4. The van der Waals surface area contributed by atoms with E-state index in [0.717, 1.165) is 17.4 Å².